The largest absolute Gasteiger partial charge is 0.497 e. The van der Waals surface area contributed by atoms with Gasteiger partial charge in [-0.25, -0.2) is 0 Å². The van der Waals surface area contributed by atoms with E-state index < -0.39 is 0 Å². The Hall–Kier alpha value is -1.06. The predicted molar refractivity (Wildman–Crippen MR) is 72.6 cm³/mol. The topological polar surface area (TPSA) is 43.6 Å². The predicted octanol–water partition coefficient (Wildman–Crippen LogP) is 2.55. The van der Waals surface area contributed by atoms with E-state index in [2.05, 4.69) is 17.4 Å². The fourth-order valence-corrected chi connectivity index (χ4v) is 2.53. The number of nitrogens with one attached hydrogen (secondary N) is 1. The molecule has 1 fully saturated rings. The number of hydrogen-bond donors (Lipinski definition) is 1. The Morgan fingerprint density at radius 2 is 1.94 bits per heavy atom. The Balaban J connectivity index is 1.82. The summed E-state index contributed by atoms with van der Waals surface area (Å²) < 4.78 is 5.15. The van der Waals surface area contributed by atoms with Gasteiger partial charge in [0.2, 0.25) is 0 Å². The van der Waals surface area contributed by atoms with Crippen LogP contribution in [0.25, 0.3) is 0 Å². The molecular weight excluding hydrogens is 224 g/mol. The molecule has 1 aromatic rings. The highest BCUT2D eigenvalue weighted by Crippen LogP contribution is 2.17. The van der Waals surface area contributed by atoms with E-state index in [0.29, 0.717) is 6.04 Å². The quantitative estimate of drug-likeness (QED) is 0.887. The summed E-state index contributed by atoms with van der Waals surface area (Å²) in [6, 6.07) is 8.69. The van der Waals surface area contributed by atoms with Crippen LogP contribution in [0.3, 0.4) is 0 Å². The summed E-state index contributed by atoms with van der Waals surface area (Å²) in [5.41, 5.74) is 11.0. The molecule has 3 heteroatoms. The van der Waals surface area contributed by atoms with Crippen LogP contribution in [0.2, 0.25) is 0 Å². The maximum atomic E-state index is 9.70. The van der Waals surface area contributed by atoms with Gasteiger partial charge in [0.25, 0.3) is 0 Å². The van der Waals surface area contributed by atoms with Crippen LogP contribution in [0.1, 0.15) is 37.7 Å². The average molecular weight is 246 g/mol. The zero-order chi connectivity index (χ0) is 12.8. The first-order valence-electron chi connectivity index (χ1n) is 6.85. The highest BCUT2D eigenvalue weighted by atomic mass is 16.5. The number of methoxy groups -OCH3 is 1. The van der Waals surface area contributed by atoms with E-state index in [1.165, 1.54) is 18.4 Å². The van der Waals surface area contributed by atoms with Crippen molar-refractivity contribution >= 4 is 0 Å². The highest BCUT2D eigenvalue weighted by molar-refractivity contribution is 5.27. The van der Waals surface area contributed by atoms with Crippen molar-refractivity contribution < 1.29 is 4.74 Å². The second-order valence-electron chi connectivity index (χ2n) is 5.05. The van der Waals surface area contributed by atoms with Crippen LogP contribution in [-0.2, 0) is 6.42 Å². The SMILES string of the molecule is COc1ccc(CCC2CCCCC([N])N2)cc1. The number of nitrogens with zero attached hydrogens (tertiary/aromatic N) is 1. The summed E-state index contributed by atoms with van der Waals surface area (Å²) in [4.78, 5) is 0. The second-order valence-corrected chi connectivity index (χ2v) is 5.05. The summed E-state index contributed by atoms with van der Waals surface area (Å²) in [7, 11) is 1.69. The van der Waals surface area contributed by atoms with E-state index in [1.54, 1.807) is 7.11 Å². The minimum atomic E-state index is -0.312. The third-order valence-electron chi connectivity index (χ3n) is 3.65. The second kappa shape index (κ2) is 6.76. The highest BCUT2D eigenvalue weighted by Gasteiger charge is 2.17. The van der Waals surface area contributed by atoms with Crippen molar-refractivity contribution in [1.82, 2.24) is 11.1 Å². The Kier molecular flexibility index (Phi) is 5.02. The van der Waals surface area contributed by atoms with Crippen molar-refractivity contribution in [2.75, 3.05) is 7.11 Å². The van der Waals surface area contributed by atoms with Crippen LogP contribution in [0.5, 0.6) is 5.75 Å². The van der Waals surface area contributed by atoms with Crippen LogP contribution < -0.4 is 15.8 Å². The summed E-state index contributed by atoms with van der Waals surface area (Å²) >= 11 is 0. The van der Waals surface area contributed by atoms with Gasteiger partial charge in [0, 0.05) is 6.04 Å². The molecule has 1 N–H and O–H groups in total. The monoisotopic (exact) mass is 246 g/mol. The fourth-order valence-electron chi connectivity index (χ4n) is 2.53. The normalized spacial score (nSPS) is 24.6. The van der Waals surface area contributed by atoms with E-state index in [-0.39, 0.29) is 6.17 Å². The van der Waals surface area contributed by atoms with Crippen molar-refractivity contribution in [3.05, 3.63) is 29.8 Å². The van der Waals surface area contributed by atoms with Gasteiger partial charge in [-0.2, -0.15) is 0 Å². The molecule has 0 amide bonds. The minimum absolute atomic E-state index is 0.312. The van der Waals surface area contributed by atoms with Gasteiger partial charge in [-0.1, -0.05) is 25.0 Å². The summed E-state index contributed by atoms with van der Waals surface area (Å²) in [5, 5.41) is 3.30. The van der Waals surface area contributed by atoms with Crippen LogP contribution >= 0.6 is 0 Å². The van der Waals surface area contributed by atoms with E-state index >= 15 is 0 Å². The maximum absolute atomic E-state index is 9.70. The first-order chi connectivity index (χ1) is 8.78. The number of ether oxygens (including phenoxy) is 1. The molecule has 2 atom stereocenters. The van der Waals surface area contributed by atoms with Crippen LogP contribution in [-0.4, -0.2) is 19.3 Å². The molecule has 0 aromatic heterocycles. The van der Waals surface area contributed by atoms with Crippen molar-refractivity contribution in [2.45, 2.75) is 50.7 Å². The Bertz CT molecular complexity index is 350. The van der Waals surface area contributed by atoms with Crippen molar-refractivity contribution in [1.29, 1.82) is 0 Å². The van der Waals surface area contributed by atoms with Crippen LogP contribution in [0.15, 0.2) is 24.3 Å². The molecular formula is C15H22N2O. The molecule has 0 bridgehead atoms. The molecule has 3 nitrogen and oxygen atoms in total. The van der Waals surface area contributed by atoms with Gasteiger partial charge in [-0.3, -0.25) is 5.32 Å². The van der Waals surface area contributed by atoms with Gasteiger partial charge in [0.15, 0.2) is 0 Å². The molecule has 98 valence electrons. The molecule has 1 aliphatic rings. The van der Waals surface area contributed by atoms with Gasteiger partial charge in [-0.15, -0.1) is 5.73 Å². The van der Waals surface area contributed by atoms with Crippen molar-refractivity contribution in [3.63, 3.8) is 0 Å². The number of hydrogen-bond acceptors (Lipinski definition) is 2. The average Bonchev–Trinajstić information content (AvgIpc) is 2.61. The lowest BCUT2D eigenvalue weighted by molar-refractivity contribution is 0.409. The summed E-state index contributed by atoms with van der Waals surface area (Å²) in [6.45, 7) is 0. The molecule has 1 heterocycles. The molecule has 1 saturated heterocycles. The first kappa shape index (κ1) is 13.4. The van der Waals surface area contributed by atoms with Gasteiger partial charge in [0.1, 0.15) is 5.75 Å². The molecule has 2 radical (unpaired) electrons. The van der Waals surface area contributed by atoms with Gasteiger partial charge < -0.3 is 4.74 Å². The van der Waals surface area contributed by atoms with Gasteiger partial charge in [0.05, 0.1) is 13.3 Å². The van der Waals surface area contributed by atoms with Crippen LogP contribution in [0.4, 0.5) is 0 Å². The molecule has 2 rings (SSSR count). The zero-order valence-electron chi connectivity index (χ0n) is 11.1. The lowest BCUT2D eigenvalue weighted by atomic mass is 10.0. The smallest absolute Gasteiger partial charge is 0.118 e. The van der Waals surface area contributed by atoms with Crippen LogP contribution in [0, 0.1) is 0 Å². The minimum Gasteiger partial charge on any atom is -0.497 e. The third kappa shape index (κ3) is 4.00. The molecule has 0 aliphatic carbocycles. The molecule has 2 unspecified atom stereocenters. The lowest BCUT2D eigenvalue weighted by Gasteiger charge is -2.18. The lowest BCUT2D eigenvalue weighted by Crippen LogP contribution is -2.37. The molecule has 1 aromatic carbocycles. The summed E-state index contributed by atoms with van der Waals surface area (Å²) in [6.07, 6.45) is 6.24. The summed E-state index contributed by atoms with van der Waals surface area (Å²) in [5.74, 6) is 0.904. The number of benzene rings is 1. The van der Waals surface area contributed by atoms with Crippen molar-refractivity contribution in [2.24, 2.45) is 0 Å². The van der Waals surface area contributed by atoms with E-state index in [4.69, 9.17) is 4.74 Å². The Morgan fingerprint density at radius 1 is 1.22 bits per heavy atom. The number of rotatable bonds is 4. The van der Waals surface area contributed by atoms with Crippen molar-refractivity contribution in [3.8, 4) is 5.75 Å². The Morgan fingerprint density at radius 3 is 2.67 bits per heavy atom. The molecule has 1 aliphatic heterocycles. The molecule has 0 spiro atoms. The number of aryl methyl sites for hydroxylation is 1. The fraction of sp³-hybridized carbons (Fsp3) is 0.600. The zero-order valence-corrected chi connectivity index (χ0v) is 11.1. The van der Waals surface area contributed by atoms with E-state index in [9.17, 15) is 5.73 Å². The molecule has 0 saturated carbocycles. The Labute approximate surface area is 110 Å². The molecule has 18 heavy (non-hydrogen) atoms. The van der Waals surface area contributed by atoms with Gasteiger partial charge >= 0.3 is 0 Å². The standard InChI is InChI=1S/C15H22N2O/c1-18-14-10-7-12(8-11-14)6-9-13-4-2-3-5-15(16)17-13/h7-8,10-11,13,15,17H,2-6,9H2,1H3. The van der Waals surface area contributed by atoms with E-state index in [0.717, 1.165) is 31.4 Å². The first-order valence-corrected chi connectivity index (χ1v) is 6.85. The van der Waals surface area contributed by atoms with E-state index in [1.807, 2.05) is 12.1 Å². The maximum Gasteiger partial charge on any atom is 0.118 e. The third-order valence-corrected chi connectivity index (χ3v) is 3.65. The van der Waals surface area contributed by atoms with Gasteiger partial charge in [-0.05, 0) is 43.4 Å².